The van der Waals surface area contributed by atoms with Gasteiger partial charge in [-0.25, -0.2) is 0 Å². The van der Waals surface area contributed by atoms with Crippen LogP contribution in [0.25, 0.3) is 0 Å². The Bertz CT molecular complexity index is 410. The Labute approximate surface area is 113 Å². The zero-order valence-corrected chi connectivity index (χ0v) is 12.1. The second-order valence-electron chi connectivity index (χ2n) is 5.08. The Morgan fingerprint density at radius 3 is 2.33 bits per heavy atom. The number of rotatable bonds is 6. The third kappa shape index (κ3) is 4.70. The highest BCUT2D eigenvalue weighted by Crippen LogP contribution is 2.18. The van der Waals surface area contributed by atoms with Gasteiger partial charge in [-0.2, -0.15) is 11.8 Å². The van der Waals surface area contributed by atoms with Gasteiger partial charge in [0.15, 0.2) is 0 Å². The molecule has 1 aromatic carbocycles. The molecule has 0 aliphatic heterocycles. The van der Waals surface area contributed by atoms with Gasteiger partial charge >= 0.3 is 0 Å². The first-order valence-corrected chi connectivity index (χ1v) is 7.20. The van der Waals surface area contributed by atoms with Crippen LogP contribution in [-0.4, -0.2) is 17.2 Å². The van der Waals surface area contributed by atoms with Crippen molar-refractivity contribution in [3.8, 4) is 0 Å². The lowest BCUT2D eigenvalue weighted by Gasteiger charge is -2.19. The van der Waals surface area contributed by atoms with E-state index >= 15 is 0 Å². The fourth-order valence-electron chi connectivity index (χ4n) is 1.75. The van der Waals surface area contributed by atoms with Crippen LogP contribution >= 0.6 is 11.8 Å². The average Bonchev–Trinajstić information content (AvgIpc) is 2.23. The second kappa shape index (κ2) is 6.25. The second-order valence-corrected chi connectivity index (χ2v) is 6.19. The lowest BCUT2D eigenvalue weighted by Crippen LogP contribution is -2.49. The summed E-state index contributed by atoms with van der Waals surface area (Å²) in [7, 11) is 0. The van der Waals surface area contributed by atoms with E-state index in [2.05, 4.69) is 32.0 Å². The van der Waals surface area contributed by atoms with Gasteiger partial charge in [0.1, 0.15) is 0 Å². The molecule has 0 aliphatic carbocycles. The van der Waals surface area contributed by atoms with Crippen molar-refractivity contribution in [1.29, 1.82) is 0 Å². The normalized spacial score (nSPS) is 14.2. The van der Waals surface area contributed by atoms with E-state index in [0.29, 0.717) is 6.42 Å². The van der Waals surface area contributed by atoms with Gasteiger partial charge in [0, 0.05) is 5.75 Å². The number of hydrogen-bond donors (Lipinski definition) is 2. The molecule has 1 unspecified atom stereocenters. The molecular formula is C14H22N2OS. The Morgan fingerprint density at radius 2 is 1.83 bits per heavy atom. The minimum Gasteiger partial charge on any atom is -0.368 e. The molecule has 0 fully saturated rings. The van der Waals surface area contributed by atoms with Crippen molar-refractivity contribution in [1.82, 2.24) is 0 Å². The maximum Gasteiger partial charge on any atom is 0.237 e. The SMILES string of the molecule is Cc1cc(C)cc(CSCCC(C)(N)C(N)=O)c1. The molecule has 18 heavy (non-hydrogen) atoms. The molecule has 0 radical (unpaired) electrons. The maximum absolute atomic E-state index is 11.1. The van der Waals surface area contributed by atoms with Crippen molar-refractivity contribution in [2.75, 3.05) is 5.75 Å². The van der Waals surface area contributed by atoms with Gasteiger partial charge in [-0.05, 0) is 38.5 Å². The summed E-state index contributed by atoms with van der Waals surface area (Å²) in [4.78, 5) is 11.1. The maximum atomic E-state index is 11.1. The van der Waals surface area contributed by atoms with E-state index < -0.39 is 11.4 Å². The summed E-state index contributed by atoms with van der Waals surface area (Å²) in [5, 5.41) is 0. The smallest absolute Gasteiger partial charge is 0.237 e. The summed E-state index contributed by atoms with van der Waals surface area (Å²) in [6, 6.07) is 6.55. The summed E-state index contributed by atoms with van der Waals surface area (Å²) in [6.07, 6.45) is 0.609. The topological polar surface area (TPSA) is 69.1 Å². The molecule has 1 rings (SSSR count). The van der Waals surface area contributed by atoms with Crippen LogP contribution < -0.4 is 11.5 Å². The van der Waals surface area contributed by atoms with Crippen LogP contribution in [0.4, 0.5) is 0 Å². The molecule has 0 bridgehead atoms. The number of amides is 1. The van der Waals surface area contributed by atoms with E-state index in [-0.39, 0.29) is 0 Å². The van der Waals surface area contributed by atoms with Crippen molar-refractivity contribution in [3.05, 3.63) is 34.9 Å². The van der Waals surface area contributed by atoms with Crippen molar-refractivity contribution < 1.29 is 4.79 Å². The van der Waals surface area contributed by atoms with Crippen molar-refractivity contribution in [2.45, 2.75) is 38.5 Å². The molecule has 0 saturated heterocycles. The molecule has 0 aromatic heterocycles. The predicted molar refractivity (Wildman–Crippen MR) is 78.5 cm³/mol. The number of primary amides is 1. The molecule has 4 heteroatoms. The molecule has 0 heterocycles. The molecule has 0 aliphatic rings. The molecule has 4 N–H and O–H groups in total. The third-order valence-electron chi connectivity index (χ3n) is 2.88. The molecule has 3 nitrogen and oxygen atoms in total. The third-order valence-corrected chi connectivity index (χ3v) is 3.91. The summed E-state index contributed by atoms with van der Waals surface area (Å²) in [5.74, 6) is 1.34. The Morgan fingerprint density at radius 1 is 1.28 bits per heavy atom. The standard InChI is InChI=1S/C14H22N2OS/c1-10-6-11(2)8-12(7-10)9-18-5-4-14(3,16)13(15)17/h6-8H,4-5,9,16H2,1-3H3,(H2,15,17). The quantitative estimate of drug-likeness (QED) is 0.775. The first kappa shape index (κ1) is 15.1. The number of thioether (sulfide) groups is 1. The fourth-order valence-corrected chi connectivity index (χ4v) is 2.86. The van der Waals surface area contributed by atoms with E-state index in [0.717, 1.165) is 11.5 Å². The largest absolute Gasteiger partial charge is 0.368 e. The van der Waals surface area contributed by atoms with Crippen LogP contribution in [0, 0.1) is 13.8 Å². The molecule has 1 amide bonds. The van der Waals surface area contributed by atoms with Gasteiger partial charge in [0.2, 0.25) is 5.91 Å². The van der Waals surface area contributed by atoms with E-state index in [9.17, 15) is 4.79 Å². The van der Waals surface area contributed by atoms with Gasteiger partial charge in [-0.3, -0.25) is 4.79 Å². The zero-order valence-electron chi connectivity index (χ0n) is 11.3. The minimum absolute atomic E-state index is 0.436. The highest BCUT2D eigenvalue weighted by Gasteiger charge is 2.24. The van der Waals surface area contributed by atoms with Crippen LogP contribution in [0.1, 0.15) is 30.0 Å². The monoisotopic (exact) mass is 266 g/mol. The van der Waals surface area contributed by atoms with E-state index in [4.69, 9.17) is 11.5 Å². The molecule has 1 atom stereocenters. The van der Waals surface area contributed by atoms with E-state index in [1.807, 2.05) is 0 Å². The van der Waals surface area contributed by atoms with Crippen molar-refractivity contribution in [3.63, 3.8) is 0 Å². The number of carbonyl (C=O) groups excluding carboxylic acids is 1. The van der Waals surface area contributed by atoms with Crippen molar-refractivity contribution in [2.24, 2.45) is 11.5 Å². The summed E-state index contributed by atoms with van der Waals surface area (Å²) >= 11 is 1.78. The summed E-state index contributed by atoms with van der Waals surface area (Å²) in [5.41, 5.74) is 14.0. The molecule has 0 spiro atoms. The van der Waals surface area contributed by atoms with Crippen LogP contribution in [0.2, 0.25) is 0 Å². The lowest BCUT2D eigenvalue weighted by molar-refractivity contribution is -0.122. The van der Waals surface area contributed by atoms with E-state index in [1.54, 1.807) is 18.7 Å². The summed E-state index contributed by atoms with van der Waals surface area (Å²) < 4.78 is 0. The molecule has 1 aromatic rings. The summed E-state index contributed by atoms with van der Waals surface area (Å²) in [6.45, 7) is 5.89. The molecule has 0 saturated carbocycles. The van der Waals surface area contributed by atoms with Gasteiger partial charge in [0.05, 0.1) is 5.54 Å². The number of aryl methyl sites for hydroxylation is 2. The van der Waals surface area contributed by atoms with Crippen LogP contribution in [0.3, 0.4) is 0 Å². The first-order chi connectivity index (χ1) is 8.31. The number of hydrogen-bond acceptors (Lipinski definition) is 3. The highest BCUT2D eigenvalue weighted by atomic mass is 32.2. The Hall–Kier alpha value is -1.00. The predicted octanol–water partition coefficient (Wildman–Crippen LogP) is 2.13. The Balaban J connectivity index is 2.40. The number of nitrogens with two attached hydrogens (primary N) is 2. The highest BCUT2D eigenvalue weighted by molar-refractivity contribution is 7.98. The Kier molecular flexibility index (Phi) is 5.23. The number of carbonyl (C=O) groups is 1. The minimum atomic E-state index is -0.893. The molecular weight excluding hydrogens is 244 g/mol. The van der Waals surface area contributed by atoms with Gasteiger partial charge < -0.3 is 11.5 Å². The lowest BCUT2D eigenvalue weighted by atomic mass is 10.0. The van der Waals surface area contributed by atoms with E-state index in [1.165, 1.54) is 16.7 Å². The number of benzene rings is 1. The fraction of sp³-hybridized carbons (Fsp3) is 0.500. The van der Waals surface area contributed by atoms with Gasteiger partial charge in [-0.15, -0.1) is 0 Å². The van der Waals surface area contributed by atoms with Crippen LogP contribution in [-0.2, 0) is 10.5 Å². The van der Waals surface area contributed by atoms with Crippen LogP contribution in [0.5, 0.6) is 0 Å². The van der Waals surface area contributed by atoms with Crippen LogP contribution in [0.15, 0.2) is 18.2 Å². The van der Waals surface area contributed by atoms with Crippen molar-refractivity contribution >= 4 is 17.7 Å². The first-order valence-electron chi connectivity index (χ1n) is 6.05. The molecule has 100 valence electrons. The van der Waals surface area contributed by atoms with Gasteiger partial charge in [-0.1, -0.05) is 29.3 Å². The average molecular weight is 266 g/mol. The zero-order chi connectivity index (χ0) is 13.8. The van der Waals surface area contributed by atoms with Gasteiger partial charge in [0.25, 0.3) is 0 Å².